The van der Waals surface area contributed by atoms with Crippen LogP contribution in [0.1, 0.15) is 93.8 Å². The van der Waals surface area contributed by atoms with Gasteiger partial charge in [0.15, 0.2) is 0 Å². The Morgan fingerprint density at radius 2 is 1.73 bits per heavy atom. The molecule has 0 fully saturated rings. The van der Waals surface area contributed by atoms with Gasteiger partial charge in [-0.2, -0.15) is 0 Å². The number of esters is 1. The summed E-state index contributed by atoms with van der Waals surface area (Å²) in [4.78, 5) is 38.5. The molecule has 6 heteroatoms. The van der Waals surface area contributed by atoms with E-state index < -0.39 is 17.9 Å². The highest BCUT2D eigenvalue weighted by atomic mass is 16.5. The fraction of sp³-hybridized carbons (Fsp3) is 0.708. The molecule has 1 N–H and O–H groups in total. The van der Waals surface area contributed by atoms with Gasteiger partial charge in [0, 0.05) is 12.2 Å². The van der Waals surface area contributed by atoms with Crippen LogP contribution < -0.4 is 10.9 Å². The van der Waals surface area contributed by atoms with Gasteiger partial charge in [0.25, 0.3) is 11.5 Å². The molecule has 1 aromatic rings. The van der Waals surface area contributed by atoms with Gasteiger partial charge >= 0.3 is 5.97 Å². The average molecular weight is 419 g/mol. The molecular formula is C24H38N2O4. The second-order valence-corrected chi connectivity index (χ2v) is 8.68. The number of hydrogen-bond acceptors (Lipinski definition) is 4. The van der Waals surface area contributed by atoms with Crippen LogP contribution in [0.3, 0.4) is 0 Å². The molecule has 1 aromatic heterocycles. The minimum atomic E-state index is -0.778. The van der Waals surface area contributed by atoms with E-state index in [1.165, 1.54) is 32.8 Å². The highest BCUT2D eigenvalue weighted by Crippen LogP contribution is 2.20. The maximum atomic E-state index is 13.3. The Kier molecular flexibility index (Phi) is 9.60. The molecule has 2 rings (SSSR count). The Morgan fingerprint density at radius 3 is 2.33 bits per heavy atom. The van der Waals surface area contributed by atoms with Gasteiger partial charge in [0.1, 0.15) is 11.6 Å². The van der Waals surface area contributed by atoms with Gasteiger partial charge in [-0.25, -0.2) is 4.79 Å². The number of nitrogens with zero attached hydrogens (tertiary/aromatic N) is 1. The van der Waals surface area contributed by atoms with Crippen molar-refractivity contribution in [3.8, 4) is 0 Å². The first-order valence-corrected chi connectivity index (χ1v) is 11.5. The first-order valence-electron chi connectivity index (χ1n) is 11.5. The number of nitrogens with one attached hydrogen (secondary N) is 1. The summed E-state index contributed by atoms with van der Waals surface area (Å²) in [5, 5.41) is 2.74. The zero-order valence-electron chi connectivity index (χ0n) is 19.1. The number of rotatable bonds is 7. The molecule has 1 amide bonds. The summed E-state index contributed by atoms with van der Waals surface area (Å²) in [6.07, 6.45) is 10.6. The van der Waals surface area contributed by atoms with Crippen LogP contribution in [0.15, 0.2) is 10.9 Å². The van der Waals surface area contributed by atoms with Gasteiger partial charge in [-0.3, -0.25) is 9.59 Å². The predicted octanol–water partition coefficient (Wildman–Crippen LogP) is 4.02. The Morgan fingerprint density at radius 1 is 1.10 bits per heavy atom. The summed E-state index contributed by atoms with van der Waals surface area (Å²) in [7, 11) is 1.30. The van der Waals surface area contributed by atoms with E-state index in [-0.39, 0.29) is 17.0 Å². The average Bonchev–Trinajstić information content (AvgIpc) is 2.73. The highest BCUT2D eigenvalue weighted by Gasteiger charge is 2.27. The monoisotopic (exact) mass is 418 g/mol. The van der Waals surface area contributed by atoms with Crippen molar-refractivity contribution in [3.63, 3.8) is 0 Å². The third-order valence-electron chi connectivity index (χ3n) is 5.99. The zero-order chi connectivity index (χ0) is 22.1. The molecule has 0 aliphatic heterocycles. The number of amides is 1. The van der Waals surface area contributed by atoms with E-state index in [0.717, 1.165) is 49.8 Å². The number of carbonyl (C=O) groups excluding carboxylic acids is 2. The van der Waals surface area contributed by atoms with E-state index in [2.05, 4.69) is 12.2 Å². The summed E-state index contributed by atoms with van der Waals surface area (Å²) in [6, 6.07) is 1.01. The highest BCUT2D eigenvalue weighted by molar-refractivity contribution is 5.96. The zero-order valence-corrected chi connectivity index (χ0v) is 19.1. The van der Waals surface area contributed by atoms with Crippen LogP contribution in [0, 0.1) is 5.92 Å². The lowest BCUT2D eigenvalue weighted by Gasteiger charge is -2.22. The number of hydrogen-bond donors (Lipinski definition) is 1. The lowest BCUT2D eigenvalue weighted by atomic mass is 9.95. The maximum Gasteiger partial charge on any atom is 0.328 e. The molecule has 0 bridgehead atoms. The smallest absolute Gasteiger partial charge is 0.328 e. The van der Waals surface area contributed by atoms with Crippen molar-refractivity contribution in [2.24, 2.45) is 5.92 Å². The Balaban J connectivity index is 2.46. The van der Waals surface area contributed by atoms with Crippen LogP contribution in [0.2, 0.25) is 0 Å². The molecule has 0 radical (unpaired) electrons. The van der Waals surface area contributed by atoms with E-state index in [9.17, 15) is 14.4 Å². The molecule has 30 heavy (non-hydrogen) atoms. The minimum Gasteiger partial charge on any atom is -0.467 e. The summed E-state index contributed by atoms with van der Waals surface area (Å²) in [5.41, 5.74) is 2.10. The number of aryl methyl sites for hydroxylation is 1. The summed E-state index contributed by atoms with van der Waals surface area (Å²) < 4.78 is 6.66. The SMILES string of the molecule is CCCCn1c2c(cc(C(=O)N[C@H](C(=O)OC)C(C)C)c1=O)CCCCCCCC2. The first-order chi connectivity index (χ1) is 14.4. The first kappa shape index (κ1) is 24.2. The number of fused-ring (bicyclic) bond motifs is 1. The summed E-state index contributed by atoms with van der Waals surface area (Å²) in [6.45, 7) is 6.41. The van der Waals surface area contributed by atoms with Gasteiger partial charge in [0.05, 0.1) is 7.11 Å². The molecule has 0 spiro atoms. The number of carbonyl (C=O) groups is 2. The van der Waals surface area contributed by atoms with Crippen LogP contribution in [0.4, 0.5) is 0 Å². The Labute approximate surface area is 180 Å². The molecule has 1 aliphatic rings. The van der Waals surface area contributed by atoms with Crippen LogP contribution >= 0.6 is 0 Å². The second-order valence-electron chi connectivity index (χ2n) is 8.68. The van der Waals surface area contributed by atoms with Crippen molar-refractivity contribution in [2.45, 2.75) is 97.6 Å². The molecule has 1 heterocycles. The van der Waals surface area contributed by atoms with Crippen LogP contribution in [-0.2, 0) is 28.9 Å². The molecule has 0 unspecified atom stereocenters. The molecular weight excluding hydrogens is 380 g/mol. The second kappa shape index (κ2) is 11.9. The van der Waals surface area contributed by atoms with E-state index in [1.807, 2.05) is 18.4 Å². The Bertz CT molecular complexity index is 782. The summed E-state index contributed by atoms with van der Waals surface area (Å²) >= 11 is 0. The Hall–Kier alpha value is -2.11. The van der Waals surface area contributed by atoms with Crippen LogP contribution in [0.5, 0.6) is 0 Å². The van der Waals surface area contributed by atoms with Crippen LogP contribution in [-0.4, -0.2) is 29.6 Å². The minimum absolute atomic E-state index is 0.136. The summed E-state index contributed by atoms with van der Waals surface area (Å²) in [5.74, 6) is -1.13. The number of pyridine rings is 1. The number of ether oxygens (including phenoxy) is 1. The van der Waals surface area contributed by atoms with E-state index >= 15 is 0 Å². The van der Waals surface area contributed by atoms with Gasteiger partial charge in [-0.05, 0) is 49.7 Å². The maximum absolute atomic E-state index is 13.3. The van der Waals surface area contributed by atoms with E-state index in [1.54, 1.807) is 6.07 Å². The fourth-order valence-corrected chi connectivity index (χ4v) is 4.15. The quantitative estimate of drug-likeness (QED) is 0.679. The predicted molar refractivity (Wildman–Crippen MR) is 119 cm³/mol. The van der Waals surface area contributed by atoms with Crippen molar-refractivity contribution in [1.82, 2.24) is 9.88 Å². The van der Waals surface area contributed by atoms with E-state index in [0.29, 0.717) is 6.54 Å². The van der Waals surface area contributed by atoms with Crippen molar-refractivity contribution >= 4 is 11.9 Å². The number of unbranched alkanes of at least 4 members (excludes halogenated alkanes) is 1. The largest absolute Gasteiger partial charge is 0.467 e. The fourth-order valence-electron chi connectivity index (χ4n) is 4.15. The van der Waals surface area contributed by atoms with Gasteiger partial charge in [0.2, 0.25) is 0 Å². The molecule has 1 atom stereocenters. The normalized spacial score (nSPS) is 15.9. The van der Waals surface area contributed by atoms with E-state index in [4.69, 9.17) is 4.74 Å². The lowest BCUT2D eigenvalue weighted by Crippen LogP contribution is -2.47. The third-order valence-corrected chi connectivity index (χ3v) is 5.99. The molecule has 6 nitrogen and oxygen atoms in total. The van der Waals surface area contributed by atoms with Crippen molar-refractivity contribution < 1.29 is 14.3 Å². The third kappa shape index (κ3) is 6.19. The lowest BCUT2D eigenvalue weighted by molar-refractivity contribution is -0.144. The molecule has 168 valence electrons. The number of aromatic nitrogens is 1. The van der Waals surface area contributed by atoms with Crippen molar-refractivity contribution in [3.05, 3.63) is 33.2 Å². The van der Waals surface area contributed by atoms with Gasteiger partial charge in [-0.15, -0.1) is 0 Å². The van der Waals surface area contributed by atoms with Crippen LogP contribution in [0.25, 0.3) is 0 Å². The molecule has 0 aromatic carbocycles. The molecule has 0 saturated carbocycles. The van der Waals surface area contributed by atoms with Gasteiger partial charge < -0.3 is 14.6 Å². The van der Waals surface area contributed by atoms with Crippen molar-refractivity contribution in [2.75, 3.05) is 7.11 Å². The van der Waals surface area contributed by atoms with Gasteiger partial charge in [-0.1, -0.05) is 52.9 Å². The number of methoxy groups -OCH3 is 1. The topological polar surface area (TPSA) is 77.4 Å². The van der Waals surface area contributed by atoms with Crippen molar-refractivity contribution in [1.29, 1.82) is 0 Å². The standard InChI is InChI=1S/C24H38N2O4/c1-5-6-15-26-20-14-12-10-8-7-9-11-13-18(20)16-19(23(26)28)22(27)25-21(17(2)3)24(29)30-4/h16-17,21H,5-15H2,1-4H3,(H,25,27)/t21-/m0/s1. The molecule has 1 aliphatic carbocycles. The molecule has 0 saturated heterocycles.